The van der Waals surface area contributed by atoms with E-state index in [1.807, 2.05) is 0 Å². The molecule has 3 rings (SSSR count). The zero-order chi connectivity index (χ0) is 18.4. The number of carboxylic acid groups (broad SMARTS) is 1. The molecule has 3 aromatic rings. The van der Waals surface area contributed by atoms with Crippen molar-refractivity contribution in [1.29, 1.82) is 0 Å². The van der Waals surface area contributed by atoms with Crippen LogP contribution >= 0.6 is 0 Å². The molecule has 0 unspecified atom stereocenters. The number of aromatic nitrogens is 1. The zero-order valence-corrected chi connectivity index (χ0v) is 12.2. The van der Waals surface area contributed by atoms with E-state index in [1.165, 1.54) is 12.1 Å². The van der Waals surface area contributed by atoms with Crippen molar-refractivity contribution in [3.05, 3.63) is 65.2 Å². The third kappa shape index (κ3) is 3.02. The lowest BCUT2D eigenvalue weighted by Gasteiger charge is -2.14. The maximum absolute atomic E-state index is 14.0. The van der Waals surface area contributed by atoms with Gasteiger partial charge in [-0.1, -0.05) is 18.2 Å². The topological polar surface area (TPSA) is 50.2 Å². The van der Waals surface area contributed by atoms with E-state index in [1.54, 1.807) is 0 Å². The highest BCUT2D eigenvalue weighted by Crippen LogP contribution is 2.37. The van der Waals surface area contributed by atoms with Crippen LogP contribution in [0.25, 0.3) is 22.2 Å². The van der Waals surface area contributed by atoms with Gasteiger partial charge in [-0.25, -0.2) is 18.6 Å². The van der Waals surface area contributed by atoms with E-state index in [2.05, 4.69) is 4.98 Å². The van der Waals surface area contributed by atoms with E-state index in [9.17, 15) is 31.9 Å². The second-order valence-electron chi connectivity index (χ2n) is 5.19. The van der Waals surface area contributed by atoms with Gasteiger partial charge >= 0.3 is 12.1 Å². The molecule has 0 saturated carbocycles. The van der Waals surface area contributed by atoms with Gasteiger partial charge in [-0.15, -0.1) is 0 Å². The van der Waals surface area contributed by atoms with Crippen LogP contribution in [0.15, 0.2) is 42.5 Å². The molecule has 2 aromatic carbocycles. The Labute approximate surface area is 137 Å². The van der Waals surface area contributed by atoms with Crippen LogP contribution in [-0.4, -0.2) is 16.1 Å². The number of carbonyl (C=O) groups is 1. The van der Waals surface area contributed by atoms with E-state index in [0.29, 0.717) is 6.07 Å². The first kappa shape index (κ1) is 16.8. The van der Waals surface area contributed by atoms with Crippen molar-refractivity contribution in [3.63, 3.8) is 0 Å². The van der Waals surface area contributed by atoms with Gasteiger partial charge in [-0.05, 0) is 18.2 Å². The van der Waals surface area contributed by atoms with Crippen LogP contribution in [0.5, 0.6) is 0 Å². The Morgan fingerprint density at radius 2 is 1.72 bits per heavy atom. The van der Waals surface area contributed by atoms with Gasteiger partial charge in [0, 0.05) is 17.0 Å². The number of rotatable bonds is 2. The summed E-state index contributed by atoms with van der Waals surface area (Å²) in [5.74, 6) is -3.72. The summed E-state index contributed by atoms with van der Waals surface area (Å²) < 4.78 is 66.9. The Morgan fingerprint density at radius 1 is 1.04 bits per heavy atom. The van der Waals surface area contributed by atoms with Gasteiger partial charge in [0.05, 0.1) is 16.8 Å². The third-order valence-corrected chi connectivity index (χ3v) is 3.57. The van der Waals surface area contributed by atoms with Crippen molar-refractivity contribution in [2.45, 2.75) is 6.18 Å². The maximum atomic E-state index is 14.0. The lowest BCUT2D eigenvalue weighted by atomic mass is 10.00. The lowest BCUT2D eigenvalue weighted by molar-refractivity contribution is -0.137. The summed E-state index contributed by atoms with van der Waals surface area (Å²) in [6.07, 6.45) is -4.71. The lowest BCUT2D eigenvalue weighted by Crippen LogP contribution is -2.08. The normalized spacial score (nSPS) is 11.7. The molecule has 8 heteroatoms. The molecule has 0 spiro atoms. The highest BCUT2D eigenvalue weighted by atomic mass is 19.4. The van der Waals surface area contributed by atoms with E-state index in [-0.39, 0.29) is 11.1 Å². The molecular weight excluding hydrogens is 345 g/mol. The summed E-state index contributed by atoms with van der Waals surface area (Å²) in [6, 6.07) is 6.52. The Morgan fingerprint density at radius 3 is 2.36 bits per heavy atom. The highest BCUT2D eigenvalue weighted by Gasteiger charge is 2.34. The van der Waals surface area contributed by atoms with Gasteiger partial charge in [-0.3, -0.25) is 0 Å². The predicted molar refractivity (Wildman–Crippen MR) is 79.1 cm³/mol. The smallest absolute Gasteiger partial charge is 0.417 e. The Kier molecular flexibility index (Phi) is 3.90. The molecule has 0 amide bonds. The van der Waals surface area contributed by atoms with Crippen LogP contribution in [0.3, 0.4) is 0 Å². The molecule has 0 bridgehead atoms. The second kappa shape index (κ2) is 5.80. The number of benzene rings is 2. The summed E-state index contributed by atoms with van der Waals surface area (Å²) in [4.78, 5) is 15.2. The Hall–Kier alpha value is -3.03. The first-order valence-corrected chi connectivity index (χ1v) is 6.88. The fraction of sp³-hybridized carbons (Fsp3) is 0.0588. The largest absolute Gasteiger partial charge is 0.478 e. The van der Waals surface area contributed by atoms with Gasteiger partial charge in [0.1, 0.15) is 11.3 Å². The average molecular weight is 353 g/mol. The van der Waals surface area contributed by atoms with Gasteiger partial charge in [-0.2, -0.15) is 13.2 Å². The van der Waals surface area contributed by atoms with Gasteiger partial charge in [0.25, 0.3) is 0 Å². The number of halogens is 5. The van der Waals surface area contributed by atoms with Gasteiger partial charge in [0.15, 0.2) is 5.82 Å². The van der Waals surface area contributed by atoms with E-state index in [4.69, 9.17) is 0 Å². The molecule has 0 aliphatic heterocycles. The minimum Gasteiger partial charge on any atom is -0.478 e. The molecule has 1 N–H and O–H groups in total. The Balaban J connectivity index is 2.39. The fourth-order valence-corrected chi connectivity index (χ4v) is 2.52. The molecule has 0 aliphatic rings. The monoisotopic (exact) mass is 353 g/mol. The minimum atomic E-state index is -4.71. The fourth-order valence-electron chi connectivity index (χ4n) is 2.52. The van der Waals surface area contributed by atoms with Crippen molar-refractivity contribution in [2.75, 3.05) is 0 Å². The number of nitrogens with zero attached hydrogens (tertiary/aromatic N) is 1. The minimum absolute atomic E-state index is 0.335. The summed E-state index contributed by atoms with van der Waals surface area (Å²) >= 11 is 0. The first-order valence-electron chi connectivity index (χ1n) is 6.88. The first-order chi connectivity index (χ1) is 11.7. The average Bonchev–Trinajstić information content (AvgIpc) is 2.53. The quantitative estimate of drug-likeness (QED) is 0.667. The number of carboxylic acids is 1. The number of hydrogen-bond acceptors (Lipinski definition) is 2. The summed E-state index contributed by atoms with van der Waals surface area (Å²) in [7, 11) is 0. The van der Waals surface area contributed by atoms with Crippen LogP contribution in [0, 0.1) is 11.6 Å². The molecule has 0 saturated heterocycles. The predicted octanol–water partition coefficient (Wildman–Crippen LogP) is 4.90. The van der Waals surface area contributed by atoms with Crippen molar-refractivity contribution in [1.82, 2.24) is 4.98 Å². The van der Waals surface area contributed by atoms with Crippen molar-refractivity contribution < 1.29 is 31.9 Å². The highest BCUT2D eigenvalue weighted by molar-refractivity contribution is 6.04. The number of alkyl halides is 3. The molecule has 0 radical (unpaired) electrons. The summed E-state index contributed by atoms with van der Waals surface area (Å²) in [5, 5.41) is 8.94. The second-order valence-corrected chi connectivity index (χ2v) is 5.19. The number of aromatic carboxylic acids is 1. The van der Waals surface area contributed by atoms with Crippen molar-refractivity contribution in [3.8, 4) is 11.3 Å². The molecular formula is C17H8F5NO2. The summed E-state index contributed by atoms with van der Waals surface area (Å²) in [6.45, 7) is 0. The molecule has 0 fully saturated rings. The van der Waals surface area contributed by atoms with E-state index < -0.39 is 46.0 Å². The van der Waals surface area contributed by atoms with Crippen LogP contribution < -0.4 is 0 Å². The third-order valence-electron chi connectivity index (χ3n) is 3.57. The standard InChI is InChI=1S/C17H8F5NO2/c18-8-5-10-11(16(24)25)7-14(23-15(10)13(19)6-8)9-3-1-2-4-12(9)17(20,21)22/h1-7H,(H,24,25). The van der Waals surface area contributed by atoms with Crippen LogP contribution in [0.2, 0.25) is 0 Å². The molecule has 0 atom stereocenters. The van der Waals surface area contributed by atoms with Crippen LogP contribution in [0.1, 0.15) is 15.9 Å². The number of hydrogen-bond donors (Lipinski definition) is 1. The molecule has 25 heavy (non-hydrogen) atoms. The van der Waals surface area contributed by atoms with Gasteiger partial charge in [0.2, 0.25) is 0 Å². The van der Waals surface area contributed by atoms with Gasteiger partial charge < -0.3 is 5.11 Å². The summed E-state index contributed by atoms with van der Waals surface area (Å²) in [5.41, 5.74) is -2.88. The molecule has 1 heterocycles. The molecule has 128 valence electrons. The maximum Gasteiger partial charge on any atom is 0.417 e. The van der Waals surface area contributed by atoms with Crippen LogP contribution in [0.4, 0.5) is 22.0 Å². The molecule has 1 aromatic heterocycles. The van der Waals surface area contributed by atoms with E-state index in [0.717, 1.165) is 24.3 Å². The number of pyridine rings is 1. The zero-order valence-electron chi connectivity index (χ0n) is 12.2. The molecule has 3 nitrogen and oxygen atoms in total. The SMILES string of the molecule is O=C(O)c1cc(-c2ccccc2C(F)(F)F)nc2c(F)cc(F)cc12. The Bertz CT molecular complexity index is 998. The van der Waals surface area contributed by atoms with Crippen molar-refractivity contribution in [2.24, 2.45) is 0 Å². The number of fused-ring (bicyclic) bond motifs is 1. The molecule has 0 aliphatic carbocycles. The van der Waals surface area contributed by atoms with Crippen molar-refractivity contribution >= 4 is 16.9 Å². The van der Waals surface area contributed by atoms with E-state index >= 15 is 0 Å². The van der Waals surface area contributed by atoms with Crippen LogP contribution in [-0.2, 0) is 6.18 Å².